The Hall–Kier alpha value is -15.5. The number of aromatic nitrogens is 7. The van der Waals surface area contributed by atoms with Gasteiger partial charge in [0.15, 0.2) is 23.3 Å². The van der Waals surface area contributed by atoms with E-state index in [9.17, 15) is 0 Å². The van der Waals surface area contributed by atoms with Crippen molar-refractivity contribution >= 4 is 130 Å². The molecule has 0 atom stereocenters. The summed E-state index contributed by atoms with van der Waals surface area (Å²) in [5, 5.41) is 11.9. The van der Waals surface area contributed by atoms with Crippen molar-refractivity contribution in [1.29, 1.82) is 0 Å². The SMILES string of the molecule is c1ccc(-c2nc(-c3cccc(-c4nc5ccccc5c5cc6c(cc45)Sc4ccccc4C64c5ccccc5-c5ccccc54)c3)cc(-c3cccc4c3sc3ccccc34)n2)cc1.c1ccc(-c2nc(-c3cccc(-c4nc5ccccc5c5cc6c(cc45)Sc4ccccc4C64c5ccccc5-c5ccccc54)c3)nc(-c3cccc4c3sc3ccccc34)n2)cc1. The summed E-state index contributed by atoms with van der Waals surface area (Å²) in [6, 6.07) is 151. The number of rotatable bonds is 8. The molecule has 2 aliphatic heterocycles. The van der Waals surface area contributed by atoms with E-state index in [4.69, 9.17) is 34.9 Å². The van der Waals surface area contributed by atoms with Gasteiger partial charge in [0.1, 0.15) is 0 Å². The van der Waals surface area contributed by atoms with Crippen LogP contribution >= 0.6 is 46.2 Å². The van der Waals surface area contributed by atoms with Crippen LogP contribution in [0.3, 0.4) is 0 Å². The molecule has 4 aliphatic rings. The Morgan fingerprint density at radius 3 is 1.03 bits per heavy atom. The van der Waals surface area contributed by atoms with Gasteiger partial charge in [-0.25, -0.2) is 34.9 Å². The molecule has 0 saturated heterocycles. The molecule has 0 radical (unpaired) electrons. The maximum Gasteiger partial charge on any atom is 0.165 e. The van der Waals surface area contributed by atoms with Gasteiger partial charge in [-0.05, 0) is 162 Å². The molecule has 0 fully saturated rings. The molecule has 18 aromatic carbocycles. The van der Waals surface area contributed by atoms with Crippen molar-refractivity contribution in [3.8, 4) is 113 Å². The van der Waals surface area contributed by atoms with Crippen LogP contribution in [-0.4, -0.2) is 34.9 Å². The standard InChI is InChI=1S/C60H35N3S2.C59H34N4S2/c1-2-16-36(17-3-1)59-62-52(35-53(63-59)44-25-15-24-43-42-23-7-12-30-54(42)65-58(43)44)37-18-14-19-38(32-37)57-46-34-56-50(33-45(46)41-22-6-11-29-51(41)61-57)60(49-28-10-13-31-55(49)64-56)47-26-8-4-20-39(47)40-21-5-9-27-48(40)60;1-2-16-35(17-3-1)56-61-57(63-58(62-56)43-25-15-24-42-41-23-7-12-30-51(41)65-55(42)43)37-19-14-18-36(32-37)54-45-34-53-49(33-44(45)40-22-6-11-29-50(40)60-54)59(48-28-10-13-31-52(48)64-53)46-26-8-4-20-38(46)39-21-5-9-27-47(39)59/h1-35H;1-34H. The van der Waals surface area contributed by atoms with E-state index in [1.807, 2.05) is 59.1 Å². The molecule has 11 heteroatoms. The quantitative estimate of drug-likeness (QED) is 0.138. The molecule has 24 aromatic rings. The number of thiophene rings is 2. The highest BCUT2D eigenvalue weighted by atomic mass is 32.2. The third-order valence-electron chi connectivity index (χ3n) is 26.9. The highest BCUT2D eigenvalue weighted by molar-refractivity contribution is 7.99. The monoisotopic (exact) mass is 1720 g/mol. The van der Waals surface area contributed by atoms with Gasteiger partial charge in [0, 0.05) is 126 Å². The smallest absolute Gasteiger partial charge is 0.165 e. The molecule has 8 heterocycles. The fourth-order valence-electron chi connectivity index (χ4n) is 21.3. The summed E-state index contributed by atoms with van der Waals surface area (Å²) in [6.07, 6.45) is 0. The molecule has 28 rings (SSSR count). The van der Waals surface area contributed by atoms with Crippen molar-refractivity contribution in [2.75, 3.05) is 0 Å². The molecule has 0 unspecified atom stereocenters. The first kappa shape index (κ1) is 74.7. The number of pyridine rings is 2. The Bertz CT molecular complexity index is 8320. The molecule has 0 amide bonds. The second-order valence-electron chi connectivity index (χ2n) is 33.8. The molecule has 0 bridgehead atoms. The predicted molar refractivity (Wildman–Crippen MR) is 540 cm³/mol. The molecule has 0 N–H and O–H groups in total. The number of fused-ring (bicyclic) bond motifs is 30. The average Bonchev–Trinajstić information content (AvgIpc) is 1.48. The van der Waals surface area contributed by atoms with Crippen LogP contribution in [-0.2, 0) is 10.8 Å². The molecule has 2 aliphatic carbocycles. The Labute approximate surface area is 765 Å². The van der Waals surface area contributed by atoms with Crippen molar-refractivity contribution in [3.63, 3.8) is 0 Å². The molecular weight excluding hydrogens is 1660 g/mol. The largest absolute Gasteiger partial charge is 0.247 e. The molecular formula is C119H69N7S4. The van der Waals surface area contributed by atoms with Crippen LogP contribution in [0.2, 0.25) is 0 Å². The fraction of sp³-hybridized carbons (Fsp3) is 0.0168. The molecule has 130 heavy (non-hydrogen) atoms. The van der Waals surface area contributed by atoms with E-state index < -0.39 is 10.8 Å². The summed E-state index contributed by atoms with van der Waals surface area (Å²) in [6.45, 7) is 0. The Kier molecular flexibility index (Phi) is 17.0. The lowest BCUT2D eigenvalue weighted by Crippen LogP contribution is -2.32. The zero-order valence-electron chi connectivity index (χ0n) is 69.6. The van der Waals surface area contributed by atoms with E-state index in [1.54, 1.807) is 11.3 Å². The minimum atomic E-state index is -0.476. The first-order valence-corrected chi connectivity index (χ1v) is 47.1. The van der Waals surface area contributed by atoms with Crippen LogP contribution in [0.4, 0.5) is 0 Å². The molecule has 604 valence electrons. The summed E-state index contributed by atoms with van der Waals surface area (Å²) in [4.78, 5) is 42.2. The topological polar surface area (TPSA) is 90.2 Å². The van der Waals surface area contributed by atoms with Gasteiger partial charge < -0.3 is 0 Å². The maximum atomic E-state index is 5.51. The van der Waals surface area contributed by atoms with Crippen LogP contribution in [0.25, 0.3) is 197 Å². The van der Waals surface area contributed by atoms with Gasteiger partial charge in [-0.2, -0.15) is 0 Å². The van der Waals surface area contributed by atoms with Crippen molar-refractivity contribution < 1.29 is 0 Å². The van der Waals surface area contributed by atoms with Crippen LogP contribution in [0, 0.1) is 0 Å². The van der Waals surface area contributed by atoms with Crippen LogP contribution in [0.15, 0.2) is 438 Å². The normalized spacial score (nSPS) is 13.3. The summed E-state index contributed by atoms with van der Waals surface area (Å²) in [5.74, 6) is 2.60. The summed E-state index contributed by atoms with van der Waals surface area (Å²) >= 11 is 7.34. The minimum Gasteiger partial charge on any atom is -0.247 e. The van der Waals surface area contributed by atoms with E-state index in [1.165, 1.54) is 137 Å². The van der Waals surface area contributed by atoms with E-state index in [0.29, 0.717) is 23.3 Å². The van der Waals surface area contributed by atoms with Crippen molar-refractivity contribution in [2.24, 2.45) is 0 Å². The van der Waals surface area contributed by atoms with Crippen LogP contribution < -0.4 is 0 Å². The Morgan fingerprint density at radius 1 is 0.177 bits per heavy atom. The van der Waals surface area contributed by atoms with Gasteiger partial charge in [-0.15, -0.1) is 22.7 Å². The van der Waals surface area contributed by atoms with Crippen molar-refractivity contribution in [1.82, 2.24) is 34.9 Å². The molecule has 7 nitrogen and oxygen atoms in total. The summed E-state index contributed by atoms with van der Waals surface area (Å²) in [5.41, 5.74) is 28.4. The van der Waals surface area contributed by atoms with E-state index in [2.05, 4.69) is 394 Å². The number of nitrogens with zero attached hydrogens (tertiary/aromatic N) is 7. The number of para-hydroxylation sites is 2. The lowest BCUT2D eigenvalue weighted by atomic mass is 9.67. The zero-order chi connectivity index (χ0) is 85.3. The van der Waals surface area contributed by atoms with Gasteiger partial charge in [-0.1, -0.05) is 357 Å². The maximum absolute atomic E-state index is 5.51. The molecule has 2 spiro atoms. The van der Waals surface area contributed by atoms with Gasteiger partial charge in [0.2, 0.25) is 0 Å². The predicted octanol–water partition coefficient (Wildman–Crippen LogP) is 31.5. The van der Waals surface area contributed by atoms with Crippen LogP contribution in [0.5, 0.6) is 0 Å². The highest BCUT2D eigenvalue weighted by Crippen LogP contribution is 2.65. The Morgan fingerprint density at radius 2 is 0.523 bits per heavy atom. The third-order valence-corrected chi connectivity index (χ3v) is 31.6. The van der Waals surface area contributed by atoms with E-state index in [-0.39, 0.29) is 0 Å². The fourth-order valence-corrected chi connectivity index (χ4v) is 26.2. The average molecular weight is 1730 g/mol. The van der Waals surface area contributed by atoms with E-state index >= 15 is 0 Å². The van der Waals surface area contributed by atoms with Gasteiger partial charge in [-0.3, -0.25) is 0 Å². The second-order valence-corrected chi connectivity index (χ2v) is 38.1. The molecule has 6 aromatic heterocycles. The first-order chi connectivity index (χ1) is 64.4. The van der Waals surface area contributed by atoms with Gasteiger partial charge in [0.25, 0.3) is 0 Å². The second kappa shape index (κ2) is 29.6. The number of benzene rings is 18. The number of hydrogen-bond donors (Lipinski definition) is 0. The first-order valence-electron chi connectivity index (χ1n) is 43.9. The minimum absolute atomic E-state index is 0.468. The van der Waals surface area contributed by atoms with Crippen molar-refractivity contribution in [2.45, 2.75) is 30.4 Å². The van der Waals surface area contributed by atoms with Gasteiger partial charge >= 0.3 is 0 Å². The van der Waals surface area contributed by atoms with E-state index in [0.717, 1.165) is 99.9 Å². The third kappa shape index (κ3) is 11.4. The zero-order valence-corrected chi connectivity index (χ0v) is 72.9. The lowest BCUT2D eigenvalue weighted by molar-refractivity contribution is 0.724. The Balaban J connectivity index is 0.000000134. The lowest BCUT2D eigenvalue weighted by Gasteiger charge is -2.40. The summed E-state index contributed by atoms with van der Waals surface area (Å²) in [7, 11) is 0. The van der Waals surface area contributed by atoms with Crippen LogP contribution in [0.1, 0.15) is 44.5 Å². The summed E-state index contributed by atoms with van der Waals surface area (Å²) < 4.78 is 4.91. The molecule has 0 saturated carbocycles. The van der Waals surface area contributed by atoms with Gasteiger partial charge in [0.05, 0.1) is 44.6 Å². The highest BCUT2D eigenvalue weighted by Gasteiger charge is 2.52. The number of hydrogen-bond acceptors (Lipinski definition) is 11. The van der Waals surface area contributed by atoms with Crippen molar-refractivity contribution in [3.05, 3.63) is 463 Å².